The van der Waals surface area contributed by atoms with Crippen molar-refractivity contribution < 1.29 is 33.9 Å². The second kappa shape index (κ2) is 27.6. The Morgan fingerprint density at radius 3 is 1.17 bits per heavy atom. The van der Waals surface area contributed by atoms with Crippen LogP contribution < -0.4 is 0 Å². The maximum atomic E-state index is 8.41. The van der Waals surface area contributed by atoms with E-state index in [0.717, 1.165) is 19.6 Å². The summed E-state index contributed by atoms with van der Waals surface area (Å²) >= 11 is 0. The van der Waals surface area contributed by atoms with E-state index in [0.29, 0.717) is 52.9 Å². The molecule has 0 aliphatic heterocycles. The van der Waals surface area contributed by atoms with Gasteiger partial charge in [-0.15, -0.1) is 0 Å². The standard InChI is InChI=1S/C10H22O6.C7H16O/c11-1-3-13-5-7-15-9-10-16-8-6-14-4-2-12;1-3-5-7-8-6-4-2/h11-12H,1-10H2;3-7H2,1-2H3. The molecule has 0 amide bonds. The van der Waals surface area contributed by atoms with Crippen molar-refractivity contribution in [3.8, 4) is 0 Å². The van der Waals surface area contributed by atoms with E-state index in [2.05, 4.69) is 13.8 Å². The van der Waals surface area contributed by atoms with Crippen molar-refractivity contribution in [1.29, 1.82) is 0 Å². The maximum absolute atomic E-state index is 8.41. The van der Waals surface area contributed by atoms with E-state index < -0.39 is 0 Å². The van der Waals surface area contributed by atoms with E-state index in [-0.39, 0.29) is 13.2 Å². The Balaban J connectivity index is 0. The Labute approximate surface area is 147 Å². The molecule has 0 bridgehead atoms. The number of aliphatic hydroxyl groups excluding tert-OH is 2. The van der Waals surface area contributed by atoms with Gasteiger partial charge in [0, 0.05) is 13.2 Å². The quantitative estimate of drug-likeness (QED) is 0.358. The molecule has 0 atom stereocenters. The van der Waals surface area contributed by atoms with Crippen molar-refractivity contribution in [3.05, 3.63) is 0 Å². The average Bonchev–Trinajstić information content (AvgIpc) is 2.60. The summed E-state index contributed by atoms with van der Waals surface area (Å²) < 4.78 is 25.6. The highest BCUT2D eigenvalue weighted by Gasteiger charge is 1.91. The predicted octanol–water partition coefficient (Wildman–Crippen LogP) is 1.25. The van der Waals surface area contributed by atoms with Crippen LogP contribution >= 0.6 is 0 Å². The van der Waals surface area contributed by atoms with Crippen LogP contribution in [-0.2, 0) is 23.7 Å². The average molecular weight is 354 g/mol. The zero-order valence-corrected chi connectivity index (χ0v) is 15.5. The Morgan fingerprint density at radius 1 is 0.458 bits per heavy atom. The highest BCUT2D eigenvalue weighted by atomic mass is 16.6. The van der Waals surface area contributed by atoms with E-state index in [9.17, 15) is 0 Å². The second-order valence-corrected chi connectivity index (χ2v) is 4.86. The van der Waals surface area contributed by atoms with Gasteiger partial charge in [0.1, 0.15) is 0 Å². The van der Waals surface area contributed by atoms with Crippen molar-refractivity contribution in [3.63, 3.8) is 0 Å². The zero-order valence-electron chi connectivity index (χ0n) is 15.5. The van der Waals surface area contributed by atoms with Crippen molar-refractivity contribution in [2.24, 2.45) is 0 Å². The minimum absolute atomic E-state index is 0.0386. The van der Waals surface area contributed by atoms with E-state index in [1.165, 1.54) is 12.8 Å². The lowest BCUT2D eigenvalue weighted by molar-refractivity contribution is -0.00856. The first-order valence-electron chi connectivity index (χ1n) is 8.93. The molecule has 0 rings (SSSR count). The largest absolute Gasteiger partial charge is 0.394 e. The molecule has 0 fully saturated rings. The fraction of sp³-hybridized carbons (Fsp3) is 1.00. The predicted molar refractivity (Wildman–Crippen MR) is 93.5 cm³/mol. The number of aliphatic hydroxyl groups is 2. The molecule has 148 valence electrons. The lowest BCUT2D eigenvalue weighted by Crippen LogP contribution is -2.13. The summed E-state index contributed by atoms with van der Waals surface area (Å²) in [5, 5.41) is 16.8. The number of hydrogen-bond acceptors (Lipinski definition) is 7. The summed E-state index contributed by atoms with van der Waals surface area (Å²) in [4.78, 5) is 0. The van der Waals surface area contributed by atoms with E-state index in [4.69, 9.17) is 33.9 Å². The molecular weight excluding hydrogens is 316 g/mol. The number of rotatable bonds is 18. The molecule has 0 aliphatic rings. The lowest BCUT2D eigenvalue weighted by atomic mass is 10.4. The van der Waals surface area contributed by atoms with E-state index in [1.54, 1.807) is 0 Å². The molecule has 0 saturated carbocycles. The van der Waals surface area contributed by atoms with Crippen molar-refractivity contribution in [2.75, 3.05) is 79.3 Å². The van der Waals surface area contributed by atoms with Crippen LogP contribution in [-0.4, -0.2) is 89.5 Å². The molecule has 0 aromatic heterocycles. The highest BCUT2D eigenvalue weighted by molar-refractivity contribution is 4.35. The van der Waals surface area contributed by atoms with Crippen LogP contribution in [0.1, 0.15) is 33.1 Å². The number of unbranched alkanes of at least 4 members (excludes halogenated alkanes) is 1. The van der Waals surface area contributed by atoms with Crippen molar-refractivity contribution in [1.82, 2.24) is 0 Å². The van der Waals surface area contributed by atoms with Gasteiger partial charge in [0.2, 0.25) is 0 Å². The zero-order chi connectivity index (χ0) is 18.1. The van der Waals surface area contributed by atoms with Gasteiger partial charge in [-0.1, -0.05) is 20.3 Å². The minimum Gasteiger partial charge on any atom is -0.394 e. The fourth-order valence-electron chi connectivity index (χ4n) is 1.38. The Kier molecular flexibility index (Phi) is 29.8. The van der Waals surface area contributed by atoms with Crippen molar-refractivity contribution in [2.45, 2.75) is 33.1 Å². The molecule has 7 nitrogen and oxygen atoms in total. The van der Waals surface area contributed by atoms with Crippen LogP contribution in [0, 0.1) is 0 Å². The van der Waals surface area contributed by atoms with Gasteiger partial charge >= 0.3 is 0 Å². The summed E-state index contributed by atoms with van der Waals surface area (Å²) in [5.74, 6) is 0. The molecule has 0 saturated heterocycles. The summed E-state index contributed by atoms with van der Waals surface area (Å²) in [6, 6.07) is 0. The maximum Gasteiger partial charge on any atom is 0.0701 e. The van der Waals surface area contributed by atoms with Crippen LogP contribution in [0.4, 0.5) is 0 Å². The Hall–Kier alpha value is -0.280. The first-order valence-corrected chi connectivity index (χ1v) is 8.93. The molecule has 24 heavy (non-hydrogen) atoms. The molecule has 0 unspecified atom stereocenters. The number of hydrogen-bond donors (Lipinski definition) is 2. The smallest absolute Gasteiger partial charge is 0.0701 e. The molecule has 0 aromatic carbocycles. The number of ether oxygens (including phenoxy) is 5. The summed E-state index contributed by atoms with van der Waals surface area (Å²) in [6.07, 6.45) is 3.59. The molecule has 0 heterocycles. The van der Waals surface area contributed by atoms with E-state index >= 15 is 0 Å². The van der Waals surface area contributed by atoms with Gasteiger partial charge in [-0.2, -0.15) is 0 Å². The normalized spacial score (nSPS) is 10.5. The molecule has 0 radical (unpaired) electrons. The van der Waals surface area contributed by atoms with Crippen LogP contribution in [0.5, 0.6) is 0 Å². The molecule has 0 aliphatic carbocycles. The summed E-state index contributed by atoms with van der Waals surface area (Å²) in [7, 11) is 0. The topological polar surface area (TPSA) is 86.6 Å². The van der Waals surface area contributed by atoms with Gasteiger partial charge in [0.05, 0.1) is 66.1 Å². The first kappa shape index (κ1) is 26.0. The molecule has 0 aromatic rings. The van der Waals surface area contributed by atoms with Gasteiger partial charge in [0.25, 0.3) is 0 Å². The molecule has 0 spiro atoms. The van der Waals surface area contributed by atoms with Gasteiger partial charge in [-0.25, -0.2) is 0 Å². The van der Waals surface area contributed by atoms with E-state index in [1.807, 2.05) is 0 Å². The third-order valence-electron chi connectivity index (χ3n) is 2.58. The van der Waals surface area contributed by atoms with Crippen LogP contribution in [0.3, 0.4) is 0 Å². The highest BCUT2D eigenvalue weighted by Crippen LogP contribution is 1.88. The molecule has 7 heteroatoms. The SMILES string of the molecule is CCCCOCCC.OCCOCCOCCOCCOCCO. The van der Waals surface area contributed by atoms with Crippen molar-refractivity contribution >= 4 is 0 Å². The fourth-order valence-corrected chi connectivity index (χ4v) is 1.38. The van der Waals surface area contributed by atoms with Crippen LogP contribution in [0.2, 0.25) is 0 Å². The third kappa shape index (κ3) is 29.7. The molecule has 2 N–H and O–H groups in total. The van der Waals surface area contributed by atoms with Gasteiger partial charge in [-0.05, 0) is 12.8 Å². The minimum atomic E-state index is 0.0386. The third-order valence-corrected chi connectivity index (χ3v) is 2.58. The second-order valence-electron chi connectivity index (χ2n) is 4.86. The monoisotopic (exact) mass is 354 g/mol. The van der Waals surface area contributed by atoms with Gasteiger partial charge in [0.15, 0.2) is 0 Å². The first-order chi connectivity index (χ1) is 11.8. The van der Waals surface area contributed by atoms with Crippen LogP contribution in [0.25, 0.3) is 0 Å². The van der Waals surface area contributed by atoms with Crippen LogP contribution in [0.15, 0.2) is 0 Å². The summed E-state index contributed by atoms with van der Waals surface area (Å²) in [5.41, 5.74) is 0. The summed E-state index contributed by atoms with van der Waals surface area (Å²) in [6.45, 7) is 9.98. The van der Waals surface area contributed by atoms with Gasteiger partial charge in [-0.3, -0.25) is 0 Å². The Bertz CT molecular complexity index is 174. The lowest BCUT2D eigenvalue weighted by Gasteiger charge is -2.06. The van der Waals surface area contributed by atoms with Gasteiger partial charge < -0.3 is 33.9 Å². The molecular formula is C17H38O7. The Morgan fingerprint density at radius 2 is 0.833 bits per heavy atom.